The molecule has 0 saturated heterocycles. The molecular weight excluding hydrogens is 318 g/mol. The van der Waals surface area contributed by atoms with Gasteiger partial charge in [-0.15, -0.1) is 0 Å². The van der Waals surface area contributed by atoms with Gasteiger partial charge in [0.25, 0.3) is 5.91 Å². The molecule has 0 aliphatic carbocycles. The minimum Gasteiger partial charge on any atom is -0.351 e. The summed E-state index contributed by atoms with van der Waals surface area (Å²) in [5.74, 6) is 0.00904. The monoisotopic (exact) mass is 343 g/mol. The maximum atomic E-state index is 12.1. The van der Waals surface area contributed by atoms with Crippen LogP contribution in [0.15, 0.2) is 16.7 Å². The van der Waals surface area contributed by atoms with Crippen molar-refractivity contribution in [2.24, 2.45) is 0 Å². The normalized spacial score (nSPS) is 11.3. The Bertz CT molecular complexity index is 429. The predicted molar refractivity (Wildman–Crippen MR) is 87.1 cm³/mol. The van der Waals surface area contributed by atoms with Crippen molar-refractivity contribution >= 4 is 21.8 Å². The fourth-order valence-corrected chi connectivity index (χ4v) is 2.43. The van der Waals surface area contributed by atoms with E-state index in [4.69, 9.17) is 0 Å². The number of hydrogen-bond acceptors (Lipinski definition) is 2. The summed E-state index contributed by atoms with van der Waals surface area (Å²) >= 11 is 3.41. The third kappa shape index (κ3) is 5.29. The number of halogens is 1. The molecule has 1 amide bonds. The van der Waals surface area contributed by atoms with E-state index in [9.17, 15) is 4.79 Å². The Balaban J connectivity index is 2.30. The summed E-state index contributed by atoms with van der Waals surface area (Å²) in [5.41, 5.74) is 0.721. The van der Waals surface area contributed by atoms with E-state index >= 15 is 0 Å². The van der Waals surface area contributed by atoms with Crippen LogP contribution in [0, 0.1) is 0 Å². The van der Waals surface area contributed by atoms with Crippen LogP contribution in [-0.4, -0.2) is 41.6 Å². The van der Waals surface area contributed by atoms with E-state index in [-0.39, 0.29) is 5.91 Å². The number of carbonyl (C=O) groups is 1. The summed E-state index contributed by atoms with van der Waals surface area (Å²) in [7, 11) is 2.13. The fourth-order valence-electron chi connectivity index (χ4n) is 1.96. The maximum Gasteiger partial charge on any atom is 0.267 e. The van der Waals surface area contributed by atoms with Crippen LogP contribution < -0.4 is 5.32 Å². The molecule has 5 heteroatoms. The molecule has 0 fully saturated rings. The second-order valence-corrected chi connectivity index (χ2v) is 6.28. The van der Waals surface area contributed by atoms with Gasteiger partial charge in [0.15, 0.2) is 0 Å². The van der Waals surface area contributed by atoms with E-state index in [1.165, 1.54) is 0 Å². The van der Waals surface area contributed by atoms with Gasteiger partial charge in [-0.3, -0.25) is 4.79 Å². The molecule has 0 aliphatic heterocycles. The first-order valence-corrected chi connectivity index (χ1v) is 8.09. The Morgan fingerprint density at radius 1 is 1.45 bits per heavy atom. The second kappa shape index (κ2) is 8.47. The van der Waals surface area contributed by atoms with Crippen LogP contribution in [0.2, 0.25) is 0 Å². The molecule has 0 bridgehead atoms. The molecule has 0 spiro atoms. The smallest absolute Gasteiger partial charge is 0.267 e. The summed E-state index contributed by atoms with van der Waals surface area (Å²) in [6.45, 7) is 9.03. The number of aromatic nitrogens is 1. The summed E-state index contributed by atoms with van der Waals surface area (Å²) in [6.07, 6.45) is 4.05. The van der Waals surface area contributed by atoms with E-state index in [1.54, 1.807) is 0 Å². The van der Waals surface area contributed by atoms with Gasteiger partial charge in [-0.2, -0.15) is 0 Å². The molecule has 0 radical (unpaired) electrons. The molecule has 4 nitrogen and oxygen atoms in total. The largest absolute Gasteiger partial charge is 0.351 e. The van der Waals surface area contributed by atoms with E-state index < -0.39 is 0 Å². The van der Waals surface area contributed by atoms with Gasteiger partial charge in [-0.25, -0.2) is 0 Å². The number of amides is 1. The van der Waals surface area contributed by atoms with Crippen LogP contribution in [0.25, 0.3) is 0 Å². The summed E-state index contributed by atoms with van der Waals surface area (Å²) in [5, 5.41) is 2.99. The minimum absolute atomic E-state index is 0.00904. The van der Waals surface area contributed by atoms with Gasteiger partial charge >= 0.3 is 0 Å². The third-order valence-electron chi connectivity index (χ3n) is 3.54. The number of nitrogens with one attached hydrogen (secondary N) is 1. The molecule has 1 N–H and O–H groups in total. The highest BCUT2D eigenvalue weighted by Gasteiger charge is 2.11. The second-order valence-electron chi connectivity index (χ2n) is 5.37. The first kappa shape index (κ1) is 17.2. The zero-order chi connectivity index (χ0) is 15.1. The van der Waals surface area contributed by atoms with Crippen molar-refractivity contribution in [2.45, 2.75) is 46.2 Å². The highest BCUT2D eigenvalue weighted by molar-refractivity contribution is 9.10. The van der Waals surface area contributed by atoms with Gasteiger partial charge in [0.1, 0.15) is 5.69 Å². The Morgan fingerprint density at radius 2 is 2.15 bits per heavy atom. The number of hydrogen-bond donors (Lipinski definition) is 1. The average molecular weight is 344 g/mol. The van der Waals surface area contributed by atoms with Crippen molar-refractivity contribution in [1.29, 1.82) is 0 Å². The predicted octanol–water partition coefficient (Wildman–Crippen LogP) is 3.12. The Morgan fingerprint density at radius 3 is 2.75 bits per heavy atom. The summed E-state index contributed by atoms with van der Waals surface area (Å²) < 4.78 is 2.90. The lowest BCUT2D eigenvalue weighted by molar-refractivity contribution is 0.0943. The molecule has 0 aliphatic rings. The highest BCUT2D eigenvalue weighted by Crippen LogP contribution is 2.14. The zero-order valence-corrected chi connectivity index (χ0v) is 14.5. The van der Waals surface area contributed by atoms with Crippen molar-refractivity contribution in [1.82, 2.24) is 14.8 Å². The minimum atomic E-state index is 0.00904. The number of carbonyl (C=O) groups excluding carboxylic acids is 1. The van der Waals surface area contributed by atoms with Crippen molar-refractivity contribution in [3.63, 3.8) is 0 Å². The van der Waals surface area contributed by atoms with Gasteiger partial charge in [-0.1, -0.05) is 0 Å². The van der Waals surface area contributed by atoms with Crippen molar-refractivity contribution in [2.75, 3.05) is 20.1 Å². The van der Waals surface area contributed by atoms with Crippen LogP contribution in [0.5, 0.6) is 0 Å². The number of unbranched alkanes of at least 4 members (excludes halogenated alkanes) is 1. The molecule has 1 heterocycles. The topological polar surface area (TPSA) is 37.3 Å². The van der Waals surface area contributed by atoms with Crippen LogP contribution >= 0.6 is 15.9 Å². The number of rotatable bonds is 8. The van der Waals surface area contributed by atoms with Crippen LogP contribution in [0.1, 0.15) is 44.1 Å². The van der Waals surface area contributed by atoms with Gasteiger partial charge in [0, 0.05) is 29.8 Å². The van der Waals surface area contributed by atoms with Crippen molar-refractivity contribution < 1.29 is 4.79 Å². The van der Waals surface area contributed by atoms with Crippen molar-refractivity contribution in [3.05, 3.63) is 22.4 Å². The molecule has 20 heavy (non-hydrogen) atoms. The highest BCUT2D eigenvalue weighted by atomic mass is 79.9. The zero-order valence-electron chi connectivity index (χ0n) is 12.9. The van der Waals surface area contributed by atoms with Crippen molar-refractivity contribution in [3.8, 4) is 0 Å². The van der Waals surface area contributed by atoms with E-state index in [0.717, 1.165) is 42.6 Å². The van der Waals surface area contributed by atoms with Gasteiger partial charge < -0.3 is 14.8 Å². The average Bonchev–Trinajstić information content (AvgIpc) is 2.79. The lowest BCUT2D eigenvalue weighted by Gasteiger charge is -2.20. The van der Waals surface area contributed by atoms with Gasteiger partial charge in [-0.05, 0) is 69.2 Å². The Kier molecular flexibility index (Phi) is 7.30. The van der Waals surface area contributed by atoms with Crippen LogP contribution in [0.4, 0.5) is 0 Å². The molecule has 1 rings (SSSR count). The first-order chi connectivity index (χ1) is 9.45. The van der Waals surface area contributed by atoms with E-state index in [2.05, 4.69) is 47.0 Å². The quantitative estimate of drug-likeness (QED) is 0.736. The number of aryl methyl sites for hydroxylation is 1. The molecule has 0 aromatic carbocycles. The molecule has 1 aromatic heterocycles. The molecule has 1 aromatic rings. The standard InChI is InChI=1S/C15H26BrN3O/c1-5-19-11-13(16)10-14(19)15(20)17-8-6-7-9-18(4)12(2)3/h10-12H,5-9H2,1-4H3,(H,17,20). The van der Waals surface area contributed by atoms with Crippen LogP contribution in [-0.2, 0) is 6.54 Å². The van der Waals surface area contributed by atoms with Crippen LogP contribution in [0.3, 0.4) is 0 Å². The molecule has 0 unspecified atom stereocenters. The lowest BCUT2D eigenvalue weighted by Crippen LogP contribution is -2.29. The molecular formula is C15H26BrN3O. The Hall–Kier alpha value is -0.810. The fraction of sp³-hybridized carbons (Fsp3) is 0.667. The molecule has 0 saturated carbocycles. The summed E-state index contributed by atoms with van der Waals surface area (Å²) in [6, 6.07) is 2.44. The van der Waals surface area contributed by atoms with Gasteiger partial charge in [0.05, 0.1) is 0 Å². The molecule has 114 valence electrons. The lowest BCUT2D eigenvalue weighted by atomic mass is 10.2. The first-order valence-electron chi connectivity index (χ1n) is 7.29. The SMILES string of the molecule is CCn1cc(Br)cc1C(=O)NCCCCN(C)C(C)C. The molecule has 0 atom stereocenters. The van der Waals surface area contributed by atoms with Gasteiger partial charge in [0.2, 0.25) is 0 Å². The Labute approximate surface area is 130 Å². The maximum absolute atomic E-state index is 12.1. The number of nitrogens with zero attached hydrogens (tertiary/aromatic N) is 2. The summed E-state index contributed by atoms with van der Waals surface area (Å²) in [4.78, 5) is 14.4. The van der Waals surface area contributed by atoms with E-state index in [0.29, 0.717) is 6.04 Å². The third-order valence-corrected chi connectivity index (χ3v) is 3.97. The van der Waals surface area contributed by atoms with E-state index in [1.807, 2.05) is 23.8 Å².